The minimum atomic E-state index is -4.27. The first-order valence-electron chi connectivity index (χ1n) is 11.5. The van der Waals surface area contributed by atoms with Gasteiger partial charge in [-0.15, -0.1) is 0 Å². The molecule has 10 nitrogen and oxygen atoms in total. The molecule has 2 aliphatic rings. The highest BCUT2D eigenvalue weighted by atomic mass is 31.2. The van der Waals surface area contributed by atoms with Gasteiger partial charge in [0.05, 0.1) is 49.8 Å². The van der Waals surface area contributed by atoms with E-state index in [9.17, 15) is 14.0 Å². The van der Waals surface area contributed by atoms with E-state index in [0.29, 0.717) is 0 Å². The second kappa shape index (κ2) is 12.0. The molecule has 2 saturated heterocycles. The van der Waals surface area contributed by atoms with Gasteiger partial charge in [-0.25, -0.2) is 4.57 Å². The zero-order chi connectivity index (χ0) is 25.1. The summed E-state index contributed by atoms with van der Waals surface area (Å²) in [5.41, 5.74) is 0. The maximum absolute atomic E-state index is 13.0. The molecule has 2 fully saturated rings. The molecule has 0 aromatic carbocycles. The monoisotopic (exact) mass is 512 g/mol. The zero-order valence-electron chi connectivity index (χ0n) is 20.8. The molecule has 0 aromatic rings. The van der Waals surface area contributed by atoms with Gasteiger partial charge in [0.25, 0.3) is 7.47 Å². The van der Waals surface area contributed by atoms with Gasteiger partial charge in [0, 0.05) is 11.8 Å². The van der Waals surface area contributed by atoms with E-state index in [2.05, 4.69) is 0 Å². The van der Waals surface area contributed by atoms with Crippen molar-refractivity contribution in [3.8, 4) is 0 Å². The molecule has 33 heavy (non-hydrogen) atoms. The van der Waals surface area contributed by atoms with Gasteiger partial charge in [-0.05, 0) is 41.5 Å². The van der Waals surface area contributed by atoms with Crippen molar-refractivity contribution >= 4 is 22.9 Å². The lowest BCUT2D eigenvalue weighted by Gasteiger charge is -2.28. The van der Waals surface area contributed by atoms with Crippen LogP contribution in [0.4, 0.5) is 0 Å². The van der Waals surface area contributed by atoms with Crippen LogP contribution in [0.2, 0.25) is 0 Å². The number of ether oxygens (including phenoxy) is 3. The molecule has 0 amide bonds. The first-order valence-corrected chi connectivity index (χ1v) is 14.6. The summed E-state index contributed by atoms with van der Waals surface area (Å²) in [7, 11) is -2.39. The Labute approximate surface area is 198 Å². The molecule has 2 rings (SSSR count). The first-order chi connectivity index (χ1) is 15.1. The van der Waals surface area contributed by atoms with Gasteiger partial charge in [0.1, 0.15) is 12.2 Å². The molecule has 13 heteroatoms. The molecular formula is C20H39BO10P2. The number of phosphoric ester groups is 1. The van der Waals surface area contributed by atoms with Crippen molar-refractivity contribution in [3.63, 3.8) is 0 Å². The summed E-state index contributed by atoms with van der Waals surface area (Å²) >= 11 is 0. The van der Waals surface area contributed by atoms with Crippen LogP contribution in [-0.4, -0.2) is 74.5 Å². The Morgan fingerprint density at radius 1 is 0.848 bits per heavy atom. The van der Waals surface area contributed by atoms with Crippen LogP contribution in [0, 0.1) is 11.8 Å². The topological polar surface area (TPSA) is 119 Å². The largest absolute Gasteiger partial charge is 0.472 e. The summed E-state index contributed by atoms with van der Waals surface area (Å²) in [5, 5.41) is 0. The molecule has 0 saturated carbocycles. The van der Waals surface area contributed by atoms with Gasteiger partial charge < -0.3 is 28.2 Å². The Morgan fingerprint density at radius 3 is 1.85 bits per heavy atom. The Kier molecular flexibility index (Phi) is 10.7. The maximum Gasteiger partial charge on any atom is 0.472 e. The highest BCUT2D eigenvalue weighted by molar-refractivity contribution is 7.79. The molecule has 192 valence electrons. The summed E-state index contributed by atoms with van der Waals surface area (Å²) in [6.45, 7) is 14.4. The predicted molar refractivity (Wildman–Crippen MR) is 123 cm³/mol. The second-order valence-electron chi connectivity index (χ2n) is 9.45. The fourth-order valence-corrected chi connectivity index (χ4v) is 5.98. The van der Waals surface area contributed by atoms with Crippen LogP contribution in [0.5, 0.6) is 0 Å². The van der Waals surface area contributed by atoms with Gasteiger partial charge in [-0.1, -0.05) is 13.8 Å². The zero-order valence-corrected chi connectivity index (χ0v) is 22.6. The third-order valence-electron chi connectivity index (χ3n) is 5.89. The smallest absolute Gasteiger partial charge is 0.372 e. The summed E-state index contributed by atoms with van der Waals surface area (Å²) in [4.78, 5) is 9.82. The van der Waals surface area contributed by atoms with Crippen molar-refractivity contribution < 1.29 is 46.3 Å². The van der Waals surface area contributed by atoms with E-state index in [1.54, 1.807) is 13.8 Å². The van der Waals surface area contributed by atoms with E-state index in [4.69, 9.17) is 39.9 Å². The average molecular weight is 512 g/mol. The van der Waals surface area contributed by atoms with E-state index >= 15 is 0 Å². The standard InChI is InChI=1S/C20H39BO10P2/c1-11(2)27-19-13(5)15(7)28-17(19)9-25-32(21,22)31-20-14(6)16(8)29-18(20)10-26-33(23,24)30-12(3)4/h11-20H,9-10H2,1-8H3,(H,23,24)/t13-,14-,15+,16+,17-,18-,19?,20?,32?/m1/s1. The molecule has 0 spiro atoms. The van der Waals surface area contributed by atoms with Crippen LogP contribution in [0.1, 0.15) is 55.4 Å². The van der Waals surface area contributed by atoms with Crippen molar-refractivity contribution in [1.29, 1.82) is 0 Å². The molecular weight excluding hydrogens is 473 g/mol. The molecule has 4 unspecified atom stereocenters. The van der Waals surface area contributed by atoms with E-state index in [-0.39, 0.29) is 49.5 Å². The molecule has 2 heterocycles. The highest BCUT2D eigenvalue weighted by Crippen LogP contribution is 2.50. The summed E-state index contributed by atoms with van der Waals surface area (Å²) in [6, 6.07) is 0. The lowest BCUT2D eigenvalue weighted by molar-refractivity contribution is -0.0655. The molecule has 0 aromatic heterocycles. The highest BCUT2D eigenvalue weighted by Gasteiger charge is 2.46. The van der Waals surface area contributed by atoms with Crippen molar-refractivity contribution in [2.75, 3.05) is 13.2 Å². The minimum Gasteiger partial charge on any atom is -0.372 e. The number of rotatable bonds is 12. The van der Waals surface area contributed by atoms with E-state index in [1.807, 2.05) is 41.5 Å². The Morgan fingerprint density at radius 2 is 1.33 bits per heavy atom. The first kappa shape index (κ1) is 29.4. The molecule has 2 radical (unpaired) electrons. The maximum atomic E-state index is 13.0. The van der Waals surface area contributed by atoms with Crippen molar-refractivity contribution in [3.05, 3.63) is 0 Å². The quantitative estimate of drug-likeness (QED) is 0.305. The van der Waals surface area contributed by atoms with Crippen LogP contribution in [-0.2, 0) is 41.4 Å². The normalized spacial score (nSPS) is 38.6. The van der Waals surface area contributed by atoms with Crippen LogP contribution in [0.15, 0.2) is 0 Å². The summed E-state index contributed by atoms with van der Waals surface area (Å²) < 4.78 is 63.8. The molecule has 0 aliphatic carbocycles. The molecule has 2 aliphatic heterocycles. The van der Waals surface area contributed by atoms with Gasteiger partial charge >= 0.3 is 7.82 Å². The van der Waals surface area contributed by atoms with Crippen LogP contribution in [0.3, 0.4) is 0 Å². The fraction of sp³-hybridized carbons (Fsp3) is 1.00. The minimum absolute atomic E-state index is 0.00399. The van der Waals surface area contributed by atoms with Crippen LogP contribution >= 0.6 is 15.3 Å². The van der Waals surface area contributed by atoms with Crippen LogP contribution < -0.4 is 0 Å². The van der Waals surface area contributed by atoms with Gasteiger partial charge in [-0.3, -0.25) is 13.6 Å². The van der Waals surface area contributed by atoms with E-state index in [0.717, 1.165) is 0 Å². The third kappa shape index (κ3) is 8.67. The van der Waals surface area contributed by atoms with Gasteiger partial charge in [0.2, 0.25) is 7.57 Å². The molecule has 1 N–H and O–H groups in total. The lowest BCUT2D eigenvalue weighted by Crippen LogP contribution is -2.35. The lowest BCUT2D eigenvalue weighted by atomic mass is 9.99. The Bertz CT molecular complexity index is 723. The van der Waals surface area contributed by atoms with Crippen LogP contribution in [0.25, 0.3) is 0 Å². The third-order valence-corrected chi connectivity index (χ3v) is 8.10. The summed E-state index contributed by atoms with van der Waals surface area (Å²) in [6.07, 6.45) is -3.07. The van der Waals surface area contributed by atoms with E-state index in [1.165, 1.54) is 0 Å². The number of hydrogen-bond donors (Lipinski definition) is 1. The Balaban J connectivity index is 1.99. The summed E-state index contributed by atoms with van der Waals surface area (Å²) in [5.74, 6) is -0.0880. The molecule has 10 atom stereocenters. The Hall–Kier alpha value is 0.205. The van der Waals surface area contributed by atoms with Gasteiger partial charge in [-0.2, -0.15) is 0 Å². The van der Waals surface area contributed by atoms with Crippen molar-refractivity contribution in [2.24, 2.45) is 11.8 Å². The SMILES string of the molecule is [B]P(=O)(OC[C@H]1O[C@@H](C)[C@@H](C)C1OC(C)C)OC1[C@@H](COP(=O)(O)OC(C)C)O[C@@H](C)[C@H]1C. The average Bonchev–Trinajstić information content (AvgIpc) is 3.08. The molecule has 0 bridgehead atoms. The fourth-order valence-electron chi connectivity index (χ4n) is 3.97. The van der Waals surface area contributed by atoms with Crippen molar-refractivity contribution in [1.82, 2.24) is 0 Å². The number of hydrogen-bond acceptors (Lipinski definition) is 9. The second-order valence-corrected chi connectivity index (χ2v) is 12.4. The van der Waals surface area contributed by atoms with Crippen molar-refractivity contribution in [2.45, 2.75) is 104 Å². The van der Waals surface area contributed by atoms with Gasteiger partial charge in [0.15, 0.2) is 0 Å². The predicted octanol–water partition coefficient (Wildman–Crippen LogP) is 3.85. The van der Waals surface area contributed by atoms with E-state index < -0.39 is 39.7 Å². The number of phosphoric acid groups is 1.